The Morgan fingerprint density at radius 2 is 0.913 bits per heavy atom. The van der Waals surface area contributed by atoms with E-state index in [-0.39, 0.29) is 85.9 Å². The first-order chi connectivity index (χ1) is 32.3. The van der Waals surface area contributed by atoms with Gasteiger partial charge in [-0.25, -0.2) is 26.4 Å². The molecule has 4 aromatic rings. The molecule has 2 fully saturated rings. The van der Waals surface area contributed by atoms with Crippen molar-refractivity contribution in [2.45, 2.75) is 31.9 Å². The van der Waals surface area contributed by atoms with E-state index in [1.54, 1.807) is 17.4 Å². The van der Waals surface area contributed by atoms with Crippen molar-refractivity contribution in [2.24, 2.45) is 5.73 Å². The third-order valence-corrected chi connectivity index (χ3v) is 14.0. The summed E-state index contributed by atoms with van der Waals surface area (Å²) in [4.78, 5) is 65.6. The van der Waals surface area contributed by atoms with Gasteiger partial charge in [0.05, 0.1) is 71.7 Å². The number of sulfone groups is 2. The quantitative estimate of drug-likeness (QED) is 0.128. The molecule has 25 heteroatoms. The van der Waals surface area contributed by atoms with Gasteiger partial charge >= 0.3 is 30.8 Å². The van der Waals surface area contributed by atoms with Crippen molar-refractivity contribution < 1.29 is 75.9 Å². The summed E-state index contributed by atoms with van der Waals surface area (Å²) in [7, 11) is -6.63. The van der Waals surface area contributed by atoms with E-state index in [4.69, 9.17) is 5.73 Å². The third-order valence-electron chi connectivity index (χ3n) is 10.7. The number of urea groups is 2. The molecular formula is C44H44F8N6O9S2. The molecule has 0 aromatic heterocycles. The summed E-state index contributed by atoms with van der Waals surface area (Å²) >= 11 is 0. The number of nitrogens with one attached hydrogen (secondary N) is 1. The van der Waals surface area contributed by atoms with Crippen LogP contribution in [-0.2, 0) is 49.9 Å². The molecule has 2 aliphatic rings. The fraction of sp³-hybridized carbons (Fsp3) is 0.341. The molecule has 3 N–H and O–H groups in total. The lowest BCUT2D eigenvalue weighted by Gasteiger charge is -2.34. The number of ketones is 2. The van der Waals surface area contributed by atoms with Crippen molar-refractivity contribution in [3.05, 3.63) is 130 Å². The van der Waals surface area contributed by atoms with Crippen molar-refractivity contribution >= 4 is 60.6 Å². The van der Waals surface area contributed by atoms with E-state index < -0.39 is 85.6 Å². The average molecular weight is 1020 g/mol. The van der Waals surface area contributed by atoms with E-state index >= 15 is 0 Å². The predicted octanol–water partition coefficient (Wildman–Crippen LogP) is 5.83. The summed E-state index contributed by atoms with van der Waals surface area (Å²) < 4.78 is 154. The molecule has 2 saturated heterocycles. The summed E-state index contributed by atoms with van der Waals surface area (Å²) in [6, 6.07) is 19.0. The number of nitrogens with zero attached hydrogens (tertiary/aromatic N) is 4. The van der Waals surface area contributed by atoms with Gasteiger partial charge in [-0.1, -0.05) is 72.8 Å². The highest BCUT2D eigenvalue weighted by Gasteiger charge is 2.39. The van der Waals surface area contributed by atoms with E-state index in [1.165, 1.54) is 71.6 Å². The van der Waals surface area contributed by atoms with Crippen LogP contribution in [0.4, 0.5) is 56.1 Å². The number of halogens is 8. The Kier molecular flexibility index (Phi) is 17.3. The molecule has 15 nitrogen and oxygen atoms in total. The Morgan fingerprint density at radius 3 is 1.25 bits per heavy atom. The standard InChI is InChI=1S/C23H22F5N3O5S.C21H22F3N3O4S/c24-20(25)21(33)29-13-19(32)16-7-5-15(6-8-16)14-31(18-4-2-1-3-17(18)23(26,27)28)22(34)30-9-11-37(35,36)12-10-30;22-21(23,24)17-3-1-2-4-18(17)27(20(29)26-9-11-32(30,31)12-10-26)14-15-5-7-16(8-6-15)19(28)13-25/h1-8,20H,9-14H2,(H,29,33);1-8H,9-14,25H2. The van der Waals surface area contributed by atoms with Gasteiger partial charge in [0.1, 0.15) is 0 Å². The Hall–Kier alpha value is -6.47. The molecule has 69 heavy (non-hydrogen) atoms. The molecule has 372 valence electrons. The molecule has 0 unspecified atom stereocenters. The van der Waals surface area contributed by atoms with Gasteiger partial charge in [-0.05, 0) is 35.4 Å². The number of benzene rings is 4. The van der Waals surface area contributed by atoms with Crippen molar-refractivity contribution in [1.82, 2.24) is 15.1 Å². The monoisotopic (exact) mass is 1020 g/mol. The molecule has 0 aliphatic carbocycles. The first-order valence-electron chi connectivity index (χ1n) is 20.7. The van der Waals surface area contributed by atoms with Crippen LogP contribution >= 0.6 is 0 Å². The highest BCUT2D eigenvalue weighted by atomic mass is 32.2. The topological polar surface area (TPSA) is 205 Å². The first kappa shape index (κ1) is 53.5. The van der Waals surface area contributed by atoms with E-state index in [1.807, 2.05) is 0 Å². The number of nitrogens with two attached hydrogens (primary N) is 1. The smallest absolute Gasteiger partial charge is 0.344 e. The predicted molar refractivity (Wildman–Crippen MR) is 236 cm³/mol. The molecule has 0 radical (unpaired) electrons. The van der Waals surface area contributed by atoms with Crippen LogP contribution < -0.4 is 20.9 Å². The van der Waals surface area contributed by atoms with Gasteiger partial charge < -0.3 is 20.9 Å². The van der Waals surface area contributed by atoms with Gasteiger partial charge in [0.15, 0.2) is 31.2 Å². The zero-order valence-corrected chi connectivity index (χ0v) is 37.8. The van der Waals surface area contributed by atoms with Crippen molar-refractivity contribution in [2.75, 3.05) is 72.1 Å². The Bertz CT molecular complexity index is 2710. The number of Topliss-reactive ketones (excluding diaryl/α,β-unsaturated/α-hetero) is 2. The van der Waals surface area contributed by atoms with Crippen LogP contribution in [0.15, 0.2) is 97.1 Å². The lowest BCUT2D eigenvalue weighted by Crippen LogP contribution is -2.50. The van der Waals surface area contributed by atoms with Gasteiger partial charge in [0.2, 0.25) is 0 Å². The summed E-state index contributed by atoms with van der Waals surface area (Å²) in [6.45, 7) is -1.96. The molecule has 0 saturated carbocycles. The molecule has 0 atom stereocenters. The third kappa shape index (κ3) is 14.5. The van der Waals surface area contributed by atoms with Crippen LogP contribution in [-0.4, -0.2) is 125 Å². The second-order valence-electron chi connectivity index (χ2n) is 15.5. The summed E-state index contributed by atoms with van der Waals surface area (Å²) in [5, 5.41) is 1.78. The Labute approximate surface area is 390 Å². The number of alkyl halides is 8. The first-order valence-corrected chi connectivity index (χ1v) is 24.3. The second kappa shape index (κ2) is 22.3. The number of hydrogen-bond acceptors (Lipinski definition) is 10. The minimum atomic E-state index is -4.78. The average Bonchev–Trinajstić information content (AvgIpc) is 3.31. The zero-order chi connectivity index (χ0) is 50.9. The van der Waals surface area contributed by atoms with Crippen LogP contribution in [0.2, 0.25) is 0 Å². The zero-order valence-electron chi connectivity index (χ0n) is 36.2. The molecule has 4 aromatic carbocycles. The largest absolute Gasteiger partial charge is 0.418 e. The number of rotatable bonds is 12. The normalized spacial score (nSPS) is 15.6. The van der Waals surface area contributed by atoms with Gasteiger partial charge in [0.25, 0.3) is 5.91 Å². The van der Waals surface area contributed by atoms with Gasteiger partial charge in [0, 0.05) is 37.3 Å². The fourth-order valence-corrected chi connectivity index (χ4v) is 9.38. The van der Waals surface area contributed by atoms with Crippen LogP contribution in [0.3, 0.4) is 0 Å². The molecule has 0 bridgehead atoms. The maximum Gasteiger partial charge on any atom is 0.418 e. The minimum absolute atomic E-state index is 0.0492. The Morgan fingerprint density at radius 1 is 0.565 bits per heavy atom. The number of carbonyl (C=O) groups excluding carboxylic acids is 5. The lowest BCUT2D eigenvalue weighted by atomic mass is 10.1. The molecule has 5 amide bonds. The van der Waals surface area contributed by atoms with Crippen LogP contribution in [0.1, 0.15) is 43.0 Å². The summed E-state index contributed by atoms with van der Waals surface area (Å²) in [5.74, 6) is -3.69. The maximum absolute atomic E-state index is 13.7. The van der Waals surface area contributed by atoms with E-state index in [0.717, 1.165) is 32.9 Å². The summed E-state index contributed by atoms with van der Waals surface area (Å²) in [6.07, 6.45) is -12.8. The maximum atomic E-state index is 13.7. The molecular weight excluding hydrogens is 973 g/mol. The van der Waals surface area contributed by atoms with Crippen LogP contribution in [0.25, 0.3) is 0 Å². The van der Waals surface area contributed by atoms with Gasteiger partial charge in [-0.2, -0.15) is 35.1 Å². The van der Waals surface area contributed by atoms with Crippen LogP contribution in [0.5, 0.6) is 0 Å². The number of carbonyl (C=O) groups is 5. The van der Waals surface area contributed by atoms with Crippen LogP contribution in [0, 0.1) is 0 Å². The van der Waals surface area contributed by atoms with Crippen molar-refractivity contribution in [3.8, 4) is 0 Å². The van der Waals surface area contributed by atoms with Gasteiger partial charge in [-0.15, -0.1) is 0 Å². The highest BCUT2D eigenvalue weighted by Crippen LogP contribution is 2.39. The minimum Gasteiger partial charge on any atom is -0.344 e. The molecule has 2 aliphatic heterocycles. The Balaban J connectivity index is 0.000000260. The SMILES string of the molecule is NCC(=O)c1ccc(CN(C(=O)N2CCS(=O)(=O)CC2)c2ccccc2C(F)(F)F)cc1.O=C(CNC(=O)C(F)F)c1ccc(CN(C(=O)N2CCS(=O)(=O)CC2)c2ccccc2C(F)(F)F)cc1. The molecule has 2 heterocycles. The van der Waals surface area contributed by atoms with E-state index in [9.17, 15) is 75.9 Å². The molecule has 6 rings (SSSR count). The molecule has 0 spiro atoms. The van der Waals surface area contributed by atoms with E-state index in [0.29, 0.717) is 16.7 Å². The number of amides is 5. The van der Waals surface area contributed by atoms with Crippen molar-refractivity contribution in [1.29, 1.82) is 0 Å². The summed E-state index contributed by atoms with van der Waals surface area (Å²) in [5.41, 5.74) is 3.77. The van der Waals surface area contributed by atoms with E-state index in [2.05, 4.69) is 0 Å². The highest BCUT2D eigenvalue weighted by molar-refractivity contribution is 7.91. The lowest BCUT2D eigenvalue weighted by molar-refractivity contribution is -0.137. The van der Waals surface area contributed by atoms with Crippen molar-refractivity contribution in [3.63, 3.8) is 0 Å². The number of hydrogen-bond donors (Lipinski definition) is 2. The number of anilines is 2. The number of para-hydroxylation sites is 2. The van der Waals surface area contributed by atoms with Gasteiger partial charge in [-0.3, -0.25) is 24.2 Å². The second-order valence-corrected chi connectivity index (χ2v) is 20.1. The fourth-order valence-electron chi connectivity index (χ4n) is 6.98.